The van der Waals surface area contributed by atoms with E-state index in [1.54, 1.807) is 12.1 Å². The van der Waals surface area contributed by atoms with Gasteiger partial charge in [-0.3, -0.25) is 4.79 Å². The van der Waals surface area contributed by atoms with Gasteiger partial charge in [0.1, 0.15) is 5.58 Å². The highest BCUT2D eigenvalue weighted by atomic mass is 16.4. The average molecular weight is 217 g/mol. The normalized spacial score (nSPS) is 10.3. The van der Waals surface area contributed by atoms with Crippen molar-refractivity contribution in [2.75, 3.05) is 0 Å². The second-order valence-electron chi connectivity index (χ2n) is 3.50. The van der Waals surface area contributed by atoms with E-state index in [0.29, 0.717) is 12.1 Å². The Balaban J connectivity index is 2.50. The molecule has 0 saturated heterocycles. The molecule has 0 unspecified atom stereocenters. The molecule has 0 aliphatic rings. The fourth-order valence-electron chi connectivity index (χ4n) is 1.54. The lowest BCUT2D eigenvalue weighted by molar-refractivity contribution is -0.119. The van der Waals surface area contributed by atoms with Crippen LogP contribution in [-0.4, -0.2) is 5.91 Å². The van der Waals surface area contributed by atoms with Crippen molar-refractivity contribution in [2.24, 2.45) is 0 Å². The van der Waals surface area contributed by atoms with Crippen LogP contribution in [0, 0.1) is 0 Å². The molecule has 0 radical (unpaired) electrons. The first kappa shape index (κ1) is 10.4. The van der Waals surface area contributed by atoms with Gasteiger partial charge in [0.25, 0.3) is 0 Å². The molecule has 0 aliphatic heterocycles. The molecule has 0 aliphatic carbocycles. The van der Waals surface area contributed by atoms with E-state index in [-0.39, 0.29) is 5.91 Å². The van der Waals surface area contributed by atoms with Crippen molar-refractivity contribution >= 4 is 16.9 Å². The number of hydrogen-bond acceptors (Lipinski definition) is 3. The van der Waals surface area contributed by atoms with E-state index in [4.69, 9.17) is 4.42 Å². The number of fused-ring (bicyclic) bond motifs is 1. The minimum Gasteiger partial charge on any atom is -0.423 e. The second-order valence-corrected chi connectivity index (χ2v) is 3.50. The van der Waals surface area contributed by atoms with Crippen molar-refractivity contribution in [2.45, 2.75) is 13.5 Å². The monoisotopic (exact) mass is 217 g/mol. The number of benzene rings is 1. The van der Waals surface area contributed by atoms with Crippen LogP contribution >= 0.6 is 0 Å². The van der Waals surface area contributed by atoms with Crippen LogP contribution in [0.3, 0.4) is 0 Å². The highest BCUT2D eigenvalue weighted by Gasteiger charge is 2.04. The maximum absolute atomic E-state index is 11.3. The zero-order valence-corrected chi connectivity index (χ0v) is 8.82. The molecule has 0 saturated carbocycles. The molecule has 0 bridgehead atoms. The van der Waals surface area contributed by atoms with Gasteiger partial charge in [-0.1, -0.05) is 18.2 Å². The molecule has 4 heteroatoms. The van der Waals surface area contributed by atoms with E-state index in [2.05, 4.69) is 5.32 Å². The van der Waals surface area contributed by atoms with Crippen LogP contribution in [0.25, 0.3) is 11.0 Å². The number of carbonyl (C=O) groups is 1. The Morgan fingerprint density at radius 3 is 2.88 bits per heavy atom. The van der Waals surface area contributed by atoms with Crippen LogP contribution in [0.2, 0.25) is 0 Å². The van der Waals surface area contributed by atoms with Gasteiger partial charge in [-0.2, -0.15) is 0 Å². The Hall–Kier alpha value is -2.10. The van der Waals surface area contributed by atoms with Gasteiger partial charge in [0.2, 0.25) is 5.91 Å². The number of carbonyl (C=O) groups excluding carboxylic acids is 1. The van der Waals surface area contributed by atoms with Crippen molar-refractivity contribution in [1.29, 1.82) is 0 Å². The summed E-state index contributed by atoms with van der Waals surface area (Å²) in [6, 6.07) is 8.65. The molecule has 82 valence electrons. The summed E-state index contributed by atoms with van der Waals surface area (Å²) in [4.78, 5) is 22.1. The zero-order chi connectivity index (χ0) is 11.5. The highest BCUT2D eigenvalue weighted by molar-refractivity contribution is 5.80. The fraction of sp³-hybridized carbons (Fsp3) is 0.167. The molecule has 1 aromatic carbocycles. The van der Waals surface area contributed by atoms with Gasteiger partial charge in [0.05, 0.1) is 0 Å². The summed E-state index contributed by atoms with van der Waals surface area (Å²) in [5.41, 5.74) is 0.899. The molecule has 2 aromatic rings. The molecule has 16 heavy (non-hydrogen) atoms. The lowest BCUT2D eigenvalue weighted by Gasteiger charge is -2.05. The van der Waals surface area contributed by atoms with Crippen molar-refractivity contribution < 1.29 is 9.21 Å². The molecule has 0 fully saturated rings. The number of para-hydroxylation sites is 1. The summed E-state index contributed by atoms with van der Waals surface area (Å²) in [6.45, 7) is 1.77. The molecular formula is C12H11NO3. The summed E-state index contributed by atoms with van der Waals surface area (Å²) in [6.07, 6.45) is 0. The van der Waals surface area contributed by atoms with Gasteiger partial charge in [-0.25, -0.2) is 4.79 Å². The Morgan fingerprint density at radius 1 is 1.38 bits per heavy atom. The Bertz CT molecular complexity index is 586. The topological polar surface area (TPSA) is 59.3 Å². The van der Waals surface area contributed by atoms with Crippen molar-refractivity contribution in [3.05, 3.63) is 46.3 Å². The number of amides is 1. The first-order chi connectivity index (χ1) is 7.66. The summed E-state index contributed by atoms with van der Waals surface area (Å²) < 4.78 is 5.04. The highest BCUT2D eigenvalue weighted by Crippen LogP contribution is 2.15. The molecule has 0 spiro atoms. The maximum Gasteiger partial charge on any atom is 0.336 e. The van der Waals surface area contributed by atoms with E-state index >= 15 is 0 Å². The third kappa shape index (κ3) is 2.11. The molecule has 2 rings (SSSR count). The number of rotatable bonds is 2. The predicted molar refractivity (Wildman–Crippen MR) is 60.0 cm³/mol. The molecule has 1 N–H and O–H groups in total. The molecular weight excluding hydrogens is 206 g/mol. The van der Waals surface area contributed by atoms with Crippen LogP contribution in [-0.2, 0) is 11.3 Å². The van der Waals surface area contributed by atoms with Gasteiger partial charge in [-0.15, -0.1) is 0 Å². The molecule has 4 nitrogen and oxygen atoms in total. The van der Waals surface area contributed by atoms with E-state index < -0.39 is 5.63 Å². The number of nitrogens with one attached hydrogen (secondary N) is 1. The van der Waals surface area contributed by atoms with E-state index in [9.17, 15) is 9.59 Å². The van der Waals surface area contributed by atoms with Crippen molar-refractivity contribution in [3.8, 4) is 0 Å². The van der Waals surface area contributed by atoms with E-state index in [1.165, 1.54) is 13.0 Å². The minimum atomic E-state index is -0.404. The lowest BCUT2D eigenvalue weighted by atomic mass is 10.1. The molecule has 0 atom stereocenters. The lowest BCUT2D eigenvalue weighted by Crippen LogP contribution is -2.20. The van der Waals surface area contributed by atoms with Gasteiger partial charge in [-0.05, 0) is 11.6 Å². The van der Waals surface area contributed by atoms with Crippen molar-refractivity contribution in [1.82, 2.24) is 5.32 Å². The van der Waals surface area contributed by atoms with Gasteiger partial charge in [0.15, 0.2) is 0 Å². The van der Waals surface area contributed by atoms with Crippen molar-refractivity contribution in [3.63, 3.8) is 0 Å². The third-order valence-corrected chi connectivity index (χ3v) is 2.26. The summed E-state index contributed by atoms with van der Waals surface area (Å²) in [7, 11) is 0. The Labute approximate surface area is 91.9 Å². The van der Waals surface area contributed by atoms with Crippen LogP contribution in [0.1, 0.15) is 12.5 Å². The maximum atomic E-state index is 11.3. The summed E-state index contributed by atoms with van der Waals surface area (Å²) >= 11 is 0. The van der Waals surface area contributed by atoms with Crippen LogP contribution in [0.4, 0.5) is 0 Å². The molecule has 1 heterocycles. The first-order valence-corrected chi connectivity index (χ1v) is 4.93. The third-order valence-electron chi connectivity index (χ3n) is 2.26. The van der Waals surface area contributed by atoms with E-state index in [0.717, 1.165) is 10.9 Å². The largest absolute Gasteiger partial charge is 0.423 e. The van der Waals surface area contributed by atoms with Crippen LogP contribution in [0.15, 0.2) is 39.5 Å². The predicted octanol–water partition coefficient (Wildman–Crippen LogP) is 1.43. The van der Waals surface area contributed by atoms with E-state index in [1.807, 2.05) is 12.1 Å². The number of hydrogen-bond donors (Lipinski definition) is 1. The summed E-state index contributed by atoms with van der Waals surface area (Å²) in [5.74, 6) is -0.127. The molecule has 1 aromatic heterocycles. The molecule has 1 amide bonds. The average Bonchev–Trinajstić information content (AvgIpc) is 2.25. The standard InChI is InChI=1S/C12H11NO3/c1-8(14)13-7-9-6-12(15)16-11-5-3-2-4-10(9)11/h2-6H,7H2,1H3,(H,13,14). The summed E-state index contributed by atoms with van der Waals surface area (Å²) in [5, 5.41) is 3.51. The van der Waals surface area contributed by atoms with Crippen LogP contribution in [0.5, 0.6) is 0 Å². The second kappa shape index (κ2) is 4.18. The fourth-order valence-corrected chi connectivity index (χ4v) is 1.54. The quantitative estimate of drug-likeness (QED) is 0.774. The van der Waals surface area contributed by atoms with Crippen LogP contribution < -0.4 is 10.9 Å². The smallest absolute Gasteiger partial charge is 0.336 e. The minimum absolute atomic E-state index is 0.127. The SMILES string of the molecule is CC(=O)NCc1cc(=O)oc2ccccc12. The van der Waals surface area contributed by atoms with Gasteiger partial charge < -0.3 is 9.73 Å². The van der Waals surface area contributed by atoms with Gasteiger partial charge in [0, 0.05) is 24.9 Å². The Kier molecular flexibility index (Phi) is 2.72. The zero-order valence-electron chi connectivity index (χ0n) is 8.82. The van der Waals surface area contributed by atoms with Gasteiger partial charge >= 0.3 is 5.63 Å². The first-order valence-electron chi connectivity index (χ1n) is 4.93. The Morgan fingerprint density at radius 2 is 2.12 bits per heavy atom.